The normalized spacial score (nSPS) is 14.7. The van der Waals surface area contributed by atoms with Crippen LogP contribution in [0, 0.1) is 26.7 Å². The van der Waals surface area contributed by atoms with Gasteiger partial charge in [-0.25, -0.2) is 0 Å². The molecular weight excluding hydrogens is 400 g/mol. The number of hydrogen-bond donors (Lipinski definition) is 2. The van der Waals surface area contributed by atoms with Crippen LogP contribution in [0.5, 0.6) is 0 Å². The van der Waals surface area contributed by atoms with Crippen LogP contribution >= 0.6 is 11.6 Å². The number of aromatic amines is 1. The Morgan fingerprint density at radius 3 is 2.50 bits per heavy atom. The largest absolute Gasteiger partial charge is 0.348 e. The highest BCUT2D eigenvalue weighted by Gasteiger charge is 2.20. The molecule has 1 aromatic heterocycles. The number of hydrogen-bond acceptors (Lipinski definition) is 3. The number of nitrogens with one attached hydrogen (secondary N) is 2. The molecule has 0 radical (unpaired) electrons. The van der Waals surface area contributed by atoms with Crippen molar-refractivity contribution in [1.29, 1.82) is 0 Å². The number of halogens is 1. The molecule has 1 aromatic carbocycles. The first-order valence-electron chi connectivity index (χ1n) is 10.5. The minimum Gasteiger partial charge on any atom is -0.348 e. The molecule has 1 saturated carbocycles. The highest BCUT2D eigenvalue weighted by Crippen LogP contribution is 2.28. The fourth-order valence-electron chi connectivity index (χ4n) is 4.24. The van der Waals surface area contributed by atoms with Gasteiger partial charge in [-0.3, -0.25) is 14.4 Å². The van der Waals surface area contributed by atoms with Crippen molar-refractivity contribution in [3.05, 3.63) is 67.1 Å². The Labute approximate surface area is 182 Å². The molecule has 5 nitrogen and oxygen atoms in total. The highest BCUT2D eigenvalue weighted by atomic mass is 35.5. The van der Waals surface area contributed by atoms with Crippen molar-refractivity contribution in [3.8, 4) is 0 Å². The van der Waals surface area contributed by atoms with E-state index in [1.165, 1.54) is 0 Å². The Morgan fingerprint density at radius 2 is 1.83 bits per heavy atom. The average Bonchev–Trinajstić information content (AvgIpc) is 2.68. The summed E-state index contributed by atoms with van der Waals surface area (Å²) in [6, 6.07) is 5.50. The van der Waals surface area contributed by atoms with Gasteiger partial charge in [0, 0.05) is 41.2 Å². The summed E-state index contributed by atoms with van der Waals surface area (Å²) in [5.41, 5.74) is 4.55. The average molecular weight is 429 g/mol. The van der Waals surface area contributed by atoms with Crippen molar-refractivity contribution < 1.29 is 9.59 Å². The molecule has 1 aliphatic carbocycles. The Morgan fingerprint density at radius 1 is 1.13 bits per heavy atom. The van der Waals surface area contributed by atoms with Gasteiger partial charge in [-0.15, -0.1) is 0 Å². The SMILES string of the molecule is Cc1cc(C)c(CNC(=O)c2cc(Cl)cc(CCC3CCC(=O)CC3)c2C)c(=O)[nH]1. The van der Waals surface area contributed by atoms with Gasteiger partial charge in [-0.2, -0.15) is 0 Å². The Bertz CT molecular complexity index is 1020. The molecule has 0 aliphatic heterocycles. The first-order chi connectivity index (χ1) is 14.2. The van der Waals surface area contributed by atoms with E-state index in [9.17, 15) is 14.4 Å². The lowest BCUT2D eigenvalue weighted by Crippen LogP contribution is -2.28. The molecular formula is C24H29ClN2O3. The Kier molecular flexibility index (Phi) is 7.14. The smallest absolute Gasteiger partial charge is 0.253 e. The third kappa shape index (κ3) is 5.39. The topological polar surface area (TPSA) is 79.0 Å². The number of carbonyl (C=O) groups excluding carboxylic acids is 2. The number of aromatic nitrogens is 1. The van der Waals surface area contributed by atoms with Crippen LogP contribution in [0.15, 0.2) is 23.0 Å². The van der Waals surface area contributed by atoms with Crippen LogP contribution in [0.25, 0.3) is 0 Å². The van der Waals surface area contributed by atoms with Crippen molar-refractivity contribution in [2.45, 2.75) is 65.8 Å². The number of ketones is 1. The first kappa shape index (κ1) is 22.3. The second-order valence-corrected chi connectivity index (χ2v) is 8.82. The molecule has 30 heavy (non-hydrogen) atoms. The molecule has 1 amide bonds. The Balaban J connectivity index is 1.70. The molecule has 0 spiro atoms. The maximum absolute atomic E-state index is 12.9. The standard InChI is InChI=1S/C24H29ClN2O3/c1-14-10-15(2)27-24(30)22(14)13-26-23(29)21-12-19(25)11-18(16(21)3)7-4-17-5-8-20(28)9-6-17/h10-12,17H,4-9,13H2,1-3H3,(H,26,29)(H,27,30). The number of carbonyl (C=O) groups is 2. The van der Waals surface area contributed by atoms with E-state index in [1.54, 1.807) is 6.07 Å². The van der Waals surface area contributed by atoms with Crippen molar-refractivity contribution in [1.82, 2.24) is 10.3 Å². The van der Waals surface area contributed by atoms with Gasteiger partial charge in [0.15, 0.2) is 0 Å². The lowest BCUT2D eigenvalue weighted by Gasteiger charge is -2.21. The molecule has 1 fully saturated rings. The van der Waals surface area contributed by atoms with Gasteiger partial charge < -0.3 is 10.3 Å². The zero-order valence-electron chi connectivity index (χ0n) is 17.9. The molecule has 2 N–H and O–H groups in total. The van der Waals surface area contributed by atoms with E-state index in [0.717, 1.165) is 48.1 Å². The zero-order valence-corrected chi connectivity index (χ0v) is 18.6. The van der Waals surface area contributed by atoms with Crippen molar-refractivity contribution >= 4 is 23.3 Å². The maximum atomic E-state index is 12.9. The summed E-state index contributed by atoms with van der Waals surface area (Å²) >= 11 is 6.31. The second-order valence-electron chi connectivity index (χ2n) is 8.38. The summed E-state index contributed by atoms with van der Waals surface area (Å²) in [5, 5.41) is 3.40. The summed E-state index contributed by atoms with van der Waals surface area (Å²) in [7, 11) is 0. The third-order valence-electron chi connectivity index (χ3n) is 6.13. The van der Waals surface area contributed by atoms with Gasteiger partial charge in [0.2, 0.25) is 0 Å². The second kappa shape index (κ2) is 9.61. The number of benzene rings is 1. The van der Waals surface area contributed by atoms with Crippen LogP contribution in [-0.2, 0) is 17.8 Å². The fraction of sp³-hybridized carbons (Fsp3) is 0.458. The van der Waals surface area contributed by atoms with E-state index in [1.807, 2.05) is 32.9 Å². The van der Waals surface area contributed by atoms with Gasteiger partial charge in [0.1, 0.15) is 5.78 Å². The highest BCUT2D eigenvalue weighted by molar-refractivity contribution is 6.31. The third-order valence-corrected chi connectivity index (χ3v) is 6.35. The van der Waals surface area contributed by atoms with E-state index in [-0.39, 0.29) is 18.0 Å². The van der Waals surface area contributed by atoms with E-state index in [4.69, 9.17) is 11.6 Å². The number of H-pyrrole nitrogens is 1. The summed E-state index contributed by atoms with van der Waals surface area (Å²) in [4.78, 5) is 39.3. The minimum atomic E-state index is -0.237. The van der Waals surface area contributed by atoms with Crippen molar-refractivity contribution in [3.63, 3.8) is 0 Å². The molecule has 0 saturated heterocycles. The lowest BCUT2D eigenvalue weighted by atomic mass is 9.84. The van der Waals surface area contributed by atoms with Gasteiger partial charge in [-0.1, -0.05) is 11.6 Å². The van der Waals surface area contributed by atoms with Crippen LogP contribution in [0.4, 0.5) is 0 Å². The van der Waals surface area contributed by atoms with E-state index < -0.39 is 0 Å². The van der Waals surface area contributed by atoms with Crippen LogP contribution < -0.4 is 10.9 Å². The van der Waals surface area contributed by atoms with Gasteiger partial charge in [-0.05, 0) is 87.3 Å². The summed E-state index contributed by atoms with van der Waals surface area (Å²) in [5.74, 6) is 0.681. The molecule has 2 aromatic rings. The van der Waals surface area contributed by atoms with Gasteiger partial charge >= 0.3 is 0 Å². The quantitative estimate of drug-likeness (QED) is 0.706. The van der Waals surface area contributed by atoms with Crippen LogP contribution in [0.2, 0.25) is 5.02 Å². The molecule has 0 unspecified atom stereocenters. The molecule has 1 aliphatic rings. The van der Waals surface area contributed by atoms with Crippen LogP contribution in [-0.4, -0.2) is 16.7 Å². The monoisotopic (exact) mass is 428 g/mol. The van der Waals surface area contributed by atoms with Crippen LogP contribution in [0.1, 0.15) is 70.4 Å². The van der Waals surface area contributed by atoms with Gasteiger partial charge in [0.25, 0.3) is 11.5 Å². The number of aryl methyl sites for hydroxylation is 3. The molecule has 0 atom stereocenters. The maximum Gasteiger partial charge on any atom is 0.253 e. The minimum absolute atomic E-state index is 0.164. The predicted molar refractivity (Wildman–Crippen MR) is 119 cm³/mol. The van der Waals surface area contributed by atoms with Crippen LogP contribution in [0.3, 0.4) is 0 Å². The molecule has 3 rings (SSSR count). The van der Waals surface area contributed by atoms with E-state index in [2.05, 4.69) is 10.3 Å². The fourth-order valence-corrected chi connectivity index (χ4v) is 4.48. The first-order valence-corrected chi connectivity index (χ1v) is 10.9. The van der Waals surface area contributed by atoms with E-state index >= 15 is 0 Å². The summed E-state index contributed by atoms with van der Waals surface area (Å²) in [6.07, 6.45) is 5.11. The Hall–Kier alpha value is -2.40. The number of rotatable bonds is 6. The lowest BCUT2D eigenvalue weighted by molar-refractivity contribution is -0.121. The van der Waals surface area contributed by atoms with Crippen molar-refractivity contribution in [2.24, 2.45) is 5.92 Å². The summed E-state index contributed by atoms with van der Waals surface area (Å²) in [6.45, 7) is 5.80. The predicted octanol–water partition coefficient (Wildman–Crippen LogP) is 4.58. The molecule has 0 bridgehead atoms. The number of amides is 1. The van der Waals surface area contributed by atoms with Crippen molar-refractivity contribution in [2.75, 3.05) is 0 Å². The number of pyridine rings is 1. The van der Waals surface area contributed by atoms with E-state index in [0.29, 0.717) is 40.7 Å². The molecule has 6 heteroatoms. The molecule has 160 valence electrons. The summed E-state index contributed by atoms with van der Waals surface area (Å²) < 4.78 is 0. The number of Topliss-reactive ketones (excluding diaryl/α,β-unsaturated/α-hetero) is 1. The van der Waals surface area contributed by atoms with Gasteiger partial charge in [0.05, 0.1) is 0 Å². The zero-order chi connectivity index (χ0) is 21.8. The molecule has 1 heterocycles.